The van der Waals surface area contributed by atoms with Crippen molar-refractivity contribution in [1.29, 1.82) is 0 Å². The van der Waals surface area contributed by atoms with Crippen LogP contribution in [0, 0.1) is 11.8 Å². The molecular weight excluding hydrogens is 586 g/mol. The van der Waals surface area contributed by atoms with E-state index in [4.69, 9.17) is 10.1 Å². The molecule has 1 atom stereocenters. The van der Waals surface area contributed by atoms with Crippen LogP contribution >= 0.6 is 0 Å². The van der Waals surface area contributed by atoms with Crippen LogP contribution in [0.5, 0.6) is 0 Å². The Hall–Kier alpha value is -5.75. The summed E-state index contributed by atoms with van der Waals surface area (Å²) in [4.78, 5) is 36.5. The molecule has 2 aliphatic rings. The van der Waals surface area contributed by atoms with Crippen LogP contribution in [-0.4, -0.2) is 50.1 Å². The highest BCUT2D eigenvalue weighted by molar-refractivity contribution is 5.94. The van der Waals surface area contributed by atoms with Crippen molar-refractivity contribution in [2.75, 3.05) is 13.6 Å². The minimum absolute atomic E-state index is 0.120. The molecule has 5 heterocycles. The molecule has 0 spiro atoms. The molecule has 0 radical (unpaired) electrons. The van der Waals surface area contributed by atoms with Crippen LogP contribution in [0.4, 0.5) is 0 Å². The standard InChI is InChI=1S/C38H35N7O2/c1-5-31-36-23(2)38(47)44(4)22-35(36)45(43-31)34-14-9-12-26-18-33(42-21-30(26)34)27-15-16-32(41-19-27)37(46)39-17-7-6-10-25-11-8-13-28-24(3)40-20-29(25)28/h8-9,11-16,18-19,21,23,40H,3,5,7,17,20,22H2,1-2,4H3,(H,39,46). The van der Waals surface area contributed by atoms with Crippen molar-refractivity contribution >= 4 is 28.3 Å². The number of nitrogens with one attached hydrogen (secondary N) is 2. The van der Waals surface area contributed by atoms with E-state index in [1.165, 1.54) is 5.56 Å². The van der Waals surface area contributed by atoms with E-state index in [-0.39, 0.29) is 17.7 Å². The second kappa shape index (κ2) is 12.2. The van der Waals surface area contributed by atoms with Gasteiger partial charge in [0.1, 0.15) is 5.69 Å². The van der Waals surface area contributed by atoms with Crippen LogP contribution in [0.2, 0.25) is 0 Å². The Morgan fingerprint density at radius 3 is 2.79 bits per heavy atom. The third-order valence-electron chi connectivity index (χ3n) is 9.00. The van der Waals surface area contributed by atoms with Crippen molar-refractivity contribution < 1.29 is 9.59 Å². The SMILES string of the molecule is C=C1NCc2c(C#CCCNC(=O)c3ccc(-c4cc5cccc(-n6nc(CC)c7c6CN(C)C(=O)C7C)c5cn4)cn3)cccc21. The van der Waals surface area contributed by atoms with Gasteiger partial charge in [-0.05, 0) is 54.6 Å². The lowest BCUT2D eigenvalue weighted by atomic mass is 9.92. The fraction of sp³-hybridized carbons (Fsp3) is 0.237. The summed E-state index contributed by atoms with van der Waals surface area (Å²) in [5, 5.41) is 13.1. The molecule has 2 amide bonds. The Morgan fingerprint density at radius 2 is 1.98 bits per heavy atom. The molecule has 9 heteroatoms. The predicted molar refractivity (Wildman–Crippen MR) is 183 cm³/mol. The van der Waals surface area contributed by atoms with Gasteiger partial charge in [-0.15, -0.1) is 0 Å². The molecular formula is C38H35N7O2. The normalized spacial score (nSPS) is 15.1. The second-order valence-corrected chi connectivity index (χ2v) is 12.0. The van der Waals surface area contributed by atoms with Crippen LogP contribution in [-0.2, 0) is 24.3 Å². The van der Waals surface area contributed by atoms with Gasteiger partial charge in [-0.25, -0.2) is 4.68 Å². The van der Waals surface area contributed by atoms with Crippen LogP contribution in [0.15, 0.2) is 73.6 Å². The lowest BCUT2D eigenvalue weighted by Gasteiger charge is -2.28. The van der Waals surface area contributed by atoms with Gasteiger partial charge in [0.15, 0.2) is 0 Å². The maximum absolute atomic E-state index is 12.8. The van der Waals surface area contributed by atoms with Gasteiger partial charge in [-0.2, -0.15) is 5.10 Å². The van der Waals surface area contributed by atoms with Crippen LogP contribution < -0.4 is 10.6 Å². The fourth-order valence-electron chi connectivity index (χ4n) is 6.52. The number of hydrogen-bond donors (Lipinski definition) is 2. The summed E-state index contributed by atoms with van der Waals surface area (Å²) in [6.07, 6.45) is 4.82. The quantitative estimate of drug-likeness (QED) is 0.195. The molecule has 234 valence electrons. The topological polar surface area (TPSA) is 105 Å². The zero-order valence-electron chi connectivity index (χ0n) is 26.7. The number of aromatic nitrogens is 4. The largest absolute Gasteiger partial charge is 0.381 e. The molecule has 47 heavy (non-hydrogen) atoms. The van der Waals surface area contributed by atoms with E-state index >= 15 is 0 Å². The predicted octanol–water partition coefficient (Wildman–Crippen LogP) is 5.37. The van der Waals surface area contributed by atoms with Crippen molar-refractivity contribution in [1.82, 2.24) is 35.3 Å². The van der Waals surface area contributed by atoms with Crippen molar-refractivity contribution in [3.05, 3.63) is 113 Å². The minimum Gasteiger partial charge on any atom is -0.381 e. The van der Waals surface area contributed by atoms with E-state index in [9.17, 15) is 9.59 Å². The van der Waals surface area contributed by atoms with E-state index < -0.39 is 0 Å². The monoisotopic (exact) mass is 621 g/mol. The van der Waals surface area contributed by atoms with E-state index in [2.05, 4.69) is 47.0 Å². The summed E-state index contributed by atoms with van der Waals surface area (Å²) >= 11 is 0. The van der Waals surface area contributed by atoms with E-state index in [0.29, 0.717) is 25.2 Å². The molecule has 2 N–H and O–H groups in total. The Kier molecular flexibility index (Phi) is 7.78. The number of fused-ring (bicyclic) bond motifs is 3. The van der Waals surface area contributed by atoms with Gasteiger partial charge in [0, 0.05) is 72.3 Å². The van der Waals surface area contributed by atoms with Crippen LogP contribution in [0.1, 0.15) is 70.3 Å². The van der Waals surface area contributed by atoms with Crippen LogP contribution in [0.25, 0.3) is 33.4 Å². The second-order valence-electron chi connectivity index (χ2n) is 12.0. The first-order chi connectivity index (χ1) is 22.8. The number of aryl methyl sites for hydroxylation is 1. The Bertz CT molecular complexity index is 2140. The maximum Gasteiger partial charge on any atom is 0.269 e. The number of carbonyl (C=O) groups excluding carboxylic acids is 2. The number of rotatable bonds is 6. The van der Waals surface area contributed by atoms with Gasteiger partial charge < -0.3 is 15.5 Å². The van der Waals surface area contributed by atoms with Gasteiger partial charge in [0.05, 0.1) is 35.2 Å². The third-order valence-corrected chi connectivity index (χ3v) is 9.00. The van der Waals surface area contributed by atoms with Gasteiger partial charge >= 0.3 is 0 Å². The van der Waals surface area contributed by atoms with Gasteiger partial charge in [0.25, 0.3) is 5.91 Å². The summed E-state index contributed by atoms with van der Waals surface area (Å²) in [5.41, 5.74) is 10.1. The smallest absolute Gasteiger partial charge is 0.269 e. The van der Waals surface area contributed by atoms with Crippen molar-refractivity contribution in [2.45, 2.75) is 45.7 Å². The first-order valence-electron chi connectivity index (χ1n) is 15.9. The highest BCUT2D eigenvalue weighted by atomic mass is 16.2. The van der Waals surface area contributed by atoms with E-state index in [0.717, 1.165) is 74.5 Å². The molecule has 0 saturated heterocycles. The molecule has 2 aromatic carbocycles. The summed E-state index contributed by atoms with van der Waals surface area (Å²) in [5.74, 6) is 6.04. The van der Waals surface area contributed by atoms with Crippen LogP contribution in [0.3, 0.4) is 0 Å². The fourth-order valence-corrected chi connectivity index (χ4v) is 6.52. The molecule has 0 saturated carbocycles. The van der Waals surface area contributed by atoms with Crippen molar-refractivity contribution in [3.63, 3.8) is 0 Å². The number of carbonyl (C=O) groups is 2. The summed E-state index contributed by atoms with van der Waals surface area (Å²) in [6, 6.07) is 17.8. The highest BCUT2D eigenvalue weighted by Crippen LogP contribution is 2.35. The number of hydrogen-bond acceptors (Lipinski definition) is 6. The Balaban J connectivity index is 1.05. The van der Waals surface area contributed by atoms with Gasteiger partial charge in [-0.1, -0.05) is 49.6 Å². The third kappa shape index (κ3) is 5.42. The molecule has 0 fully saturated rings. The average Bonchev–Trinajstić information content (AvgIpc) is 3.67. The first kappa shape index (κ1) is 29.9. The molecule has 7 rings (SSSR count). The number of benzene rings is 2. The molecule has 2 aliphatic heterocycles. The van der Waals surface area contributed by atoms with E-state index in [1.807, 2.05) is 67.3 Å². The minimum atomic E-state index is -0.244. The molecule has 1 unspecified atom stereocenters. The summed E-state index contributed by atoms with van der Waals surface area (Å²) in [7, 11) is 1.84. The van der Waals surface area contributed by atoms with Crippen molar-refractivity contribution in [3.8, 4) is 28.8 Å². The lowest BCUT2D eigenvalue weighted by molar-refractivity contribution is -0.132. The average molecular weight is 622 g/mol. The summed E-state index contributed by atoms with van der Waals surface area (Å²) in [6.45, 7) is 9.74. The zero-order chi connectivity index (χ0) is 32.7. The number of amides is 2. The number of pyridine rings is 2. The number of nitrogens with zero attached hydrogens (tertiary/aromatic N) is 5. The summed E-state index contributed by atoms with van der Waals surface area (Å²) < 4.78 is 1.99. The molecule has 0 bridgehead atoms. The highest BCUT2D eigenvalue weighted by Gasteiger charge is 2.34. The van der Waals surface area contributed by atoms with Gasteiger partial charge in [-0.3, -0.25) is 19.6 Å². The Morgan fingerprint density at radius 1 is 1.13 bits per heavy atom. The molecule has 9 nitrogen and oxygen atoms in total. The molecule has 3 aromatic heterocycles. The molecule has 5 aromatic rings. The van der Waals surface area contributed by atoms with Gasteiger partial charge in [0.2, 0.25) is 5.91 Å². The first-order valence-corrected chi connectivity index (χ1v) is 15.9. The van der Waals surface area contributed by atoms with Crippen molar-refractivity contribution in [2.24, 2.45) is 0 Å². The lowest BCUT2D eigenvalue weighted by Crippen LogP contribution is -2.36. The number of likely N-dealkylation sites (N-methyl/N-ethyl adjacent to an activating group) is 1. The zero-order valence-corrected chi connectivity index (χ0v) is 26.7. The maximum atomic E-state index is 12.8. The molecule has 0 aliphatic carbocycles. The Labute approximate surface area is 273 Å². The van der Waals surface area contributed by atoms with E-state index in [1.54, 1.807) is 17.2 Å².